The third-order valence-corrected chi connectivity index (χ3v) is 3.49. The SMILES string of the molecule is CCCCNC(=O)C(C)Oc1c(Cl)cc(Cl)cc1CCN. The van der Waals surface area contributed by atoms with Crippen LogP contribution >= 0.6 is 23.2 Å². The Morgan fingerprint density at radius 2 is 2.14 bits per heavy atom. The van der Waals surface area contributed by atoms with Gasteiger partial charge in [-0.05, 0) is 44.0 Å². The van der Waals surface area contributed by atoms with Crippen LogP contribution in [-0.4, -0.2) is 25.1 Å². The number of unbranched alkanes of at least 4 members (excludes halogenated alkanes) is 1. The van der Waals surface area contributed by atoms with Crippen LogP contribution in [0.3, 0.4) is 0 Å². The molecule has 0 aliphatic heterocycles. The van der Waals surface area contributed by atoms with Crippen LogP contribution < -0.4 is 15.8 Å². The lowest BCUT2D eigenvalue weighted by molar-refractivity contribution is -0.127. The highest BCUT2D eigenvalue weighted by Gasteiger charge is 2.18. The van der Waals surface area contributed by atoms with E-state index in [1.807, 2.05) is 0 Å². The van der Waals surface area contributed by atoms with Crippen molar-refractivity contribution in [3.05, 3.63) is 27.7 Å². The summed E-state index contributed by atoms with van der Waals surface area (Å²) in [6.45, 7) is 4.86. The van der Waals surface area contributed by atoms with Crippen molar-refractivity contribution in [1.29, 1.82) is 0 Å². The molecule has 1 aromatic carbocycles. The maximum atomic E-state index is 11.9. The van der Waals surface area contributed by atoms with Gasteiger partial charge >= 0.3 is 0 Å². The standard InChI is InChI=1S/C15H22Cl2N2O2/c1-3-4-7-19-15(20)10(2)21-14-11(5-6-18)8-12(16)9-13(14)17/h8-10H,3-7,18H2,1-2H3,(H,19,20). The highest BCUT2D eigenvalue weighted by molar-refractivity contribution is 6.35. The summed E-state index contributed by atoms with van der Waals surface area (Å²) in [6.07, 6.45) is 1.93. The van der Waals surface area contributed by atoms with E-state index in [4.69, 9.17) is 33.7 Å². The van der Waals surface area contributed by atoms with Crippen LogP contribution in [0, 0.1) is 0 Å². The Balaban J connectivity index is 2.79. The summed E-state index contributed by atoms with van der Waals surface area (Å²) >= 11 is 12.1. The van der Waals surface area contributed by atoms with Crippen molar-refractivity contribution in [2.24, 2.45) is 5.73 Å². The number of benzene rings is 1. The first kappa shape index (κ1) is 18.1. The maximum absolute atomic E-state index is 11.9. The maximum Gasteiger partial charge on any atom is 0.260 e. The molecule has 6 heteroatoms. The molecule has 21 heavy (non-hydrogen) atoms. The van der Waals surface area contributed by atoms with Crippen molar-refractivity contribution in [3.8, 4) is 5.75 Å². The van der Waals surface area contributed by atoms with Crippen molar-refractivity contribution < 1.29 is 9.53 Å². The number of hydrogen-bond donors (Lipinski definition) is 2. The summed E-state index contributed by atoms with van der Waals surface area (Å²) in [5.74, 6) is 0.317. The summed E-state index contributed by atoms with van der Waals surface area (Å²) in [6, 6.07) is 3.36. The Bertz CT molecular complexity index is 481. The van der Waals surface area contributed by atoms with E-state index >= 15 is 0 Å². The largest absolute Gasteiger partial charge is 0.479 e. The van der Waals surface area contributed by atoms with Crippen LogP contribution in [0.1, 0.15) is 32.3 Å². The summed E-state index contributed by atoms with van der Waals surface area (Å²) in [5.41, 5.74) is 6.39. The van der Waals surface area contributed by atoms with Crippen molar-refractivity contribution in [2.45, 2.75) is 39.2 Å². The van der Waals surface area contributed by atoms with Crippen LogP contribution in [-0.2, 0) is 11.2 Å². The summed E-state index contributed by atoms with van der Waals surface area (Å²) in [4.78, 5) is 11.9. The smallest absolute Gasteiger partial charge is 0.260 e. The summed E-state index contributed by atoms with van der Waals surface area (Å²) < 4.78 is 5.72. The highest BCUT2D eigenvalue weighted by Crippen LogP contribution is 2.33. The predicted molar refractivity (Wildman–Crippen MR) is 87.2 cm³/mol. The van der Waals surface area contributed by atoms with Crippen LogP contribution in [0.25, 0.3) is 0 Å². The minimum Gasteiger partial charge on any atom is -0.479 e. The Morgan fingerprint density at radius 3 is 2.76 bits per heavy atom. The molecule has 0 spiro atoms. The molecule has 0 heterocycles. The number of rotatable bonds is 8. The predicted octanol–water partition coefficient (Wildman–Crippen LogP) is 3.18. The highest BCUT2D eigenvalue weighted by atomic mass is 35.5. The number of carbonyl (C=O) groups is 1. The number of hydrogen-bond acceptors (Lipinski definition) is 3. The molecule has 1 rings (SSSR count). The van der Waals surface area contributed by atoms with Gasteiger partial charge in [0.15, 0.2) is 6.10 Å². The number of nitrogens with two attached hydrogens (primary N) is 1. The molecule has 1 unspecified atom stereocenters. The van der Waals surface area contributed by atoms with Gasteiger partial charge in [-0.1, -0.05) is 36.5 Å². The Labute approximate surface area is 135 Å². The third kappa shape index (κ3) is 5.73. The molecule has 0 saturated heterocycles. The van der Waals surface area contributed by atoms with Crippen molar-refractivity contribution >= 4 is 29.1 Å². The van der Waals surface area contributed by atoms with E-state index in [9.17, 15) is 4.79 Å². The first-order valence-corrected chi connectivity index (χ1v) is 7.87. The molecule has 0 bridgehead atoms. The van der Waals surface area contributed by atoms with Crippen LogP contribution in [0.2, 0.25) is 10.0 Å². The van der Waals surface area contributed by atoms with Gasteiger partial charge in [0.1, 0.15) is 5.75 Å². The fourth-order valence-electron chi connectivity index (χ4n) is 1.85. The van der Waals surface area contributed by atoms with E-state index in [1.54, 1.807) is 19.1 Å². The molecule has 0 fully saturated rings. The molecule has 0 aliphatic carbocycles. The van der Waals surface area contributed by atoms with Gasteiger partial charge in [-0.25, -0.2) is 0 Å². The van der Waals surface area contributed by atoms with E-state index in [2.05, 4.69) is 12.2 Å². The van der Waals surface area contributed by atoms with Crippen molar-refractivity contribution in [2.75, 3.05) is 13.1 Å². The minimum absolute atomic E-state index is 0.159. The topological polar surface area (TPSA) is 64.3 Å². The normalized spacial score (nSPS) is 12.0. The van der Waals surface area contributed by atoms with E-state index in [0.717, 1.165) is 18.4 Å². The average molecular weight is 333 g/mol. The van der Waals surface area contributed by atoms with Gasteiger partial charge in [0.25, 0.3) is 5.91 Å². The van der Waals surface area contributed by atoms with Crippen LogP contribution in [0.5, 0.6) is 5.75 Å². The molecule has 4 nitrogen and oxygen atoms in total. The molecule has 0 radical (unpaired) electrons. The average Bonchev–Trinajstić information content (AvgIpc) is 2.42. The van der Waals surface area contributed by atoms with E-state index < -0.39 is 6.10 Å². The molecule has 1 atom stereocenters. The van der Waals surface area contributed by atoms with E-state index in [1.165, 1.54) is 0 Å². The second-order valence-electron chi connectivity index (χ2n) is 4.82. The Kier molecular flexibility index (Phi) is 7.86. The Hall–Kier alpha value is -0.970. The second kappa shape index (κ2) is 9.13. The van der Waals surface area contributed by atoms with Gasteiger partial charge in [0, 0.05) is 11.6 Å². The molecule has 0 aliphatic rings. The lowest BCUT2D eigenvalue weighted by Crippen LogP contribution is -2.37. The minimum atomic E-state index is -0.628. The van der Waals surface area contributed by atoms with Crippen LogP contribution in [0.4, 0.5) is 0 Å². The Morgan fingerprint density at radius 1 is 1.43 bits per heavy atom. The van der Waals surface area contributed by atoms with Crippen molar-refractivity contribution in [1.82, 2.24) is 5.32 Å². The molecule has 0 aromatic heterocycles. The van der Waals surface area contributed by atoms with Crippen LogP contribution in [0.15, 0.2) is 12.1 Å². The van der Waals surface area contributed by atoms with E-state index in [-0.39, 0.29) is 5.91 Å². The van der Waals surface area contributed by atoms with Gasteiger partial charge in [-0.3, -0.25) is 4.79 Å². The number of amides is 1. The molecule has 118 valence electrons. The lowest BCUT2D eigenvalue weighted by Gasteiger charge is -2.18. The molecular formula is C15H22Cl2N2O2. The molecule has 0 saturated carbocycles. The van der Waals surface area contributed by atoms with E-state index in [0.29, 0.717) is 35.3 Å². The zero-order valence-corrected chi connectivity index (χ0v) is 13.9. The first-order chi connectivity index (χ1) is 9.99. The van der Waals surface area contributed by atoms with Crippen molar-refractivity contribution in [3.63, 3.8) is 0 Å². The quantitative estimate of drug-likeness (QED) is 0.718. The number of carbonyl (C=O) groups excluding carboxylic acids is 1. The first-order valence-electron chi connectivity index (χ1n) is 7.12. The molecule has 1 amide bonds. The number of nitrogens with one attached hydrogen (secondary N) is 1. The van der Waals surface area contributed by atoms with Gasteiger partial charge < -0.3 is 15.8 Å². The summed E-state index contributed by atoms with van der Waals surface area (Å²) in [7, 11) is 0. The molecule has 3 N–H and O–H groups in total. The van der Waals surface area contributed by atoms with Gasteiger partial charge in [-0.2, -0.15) is 0 Å². The van der Waals surface area contributed by atoms with Gasteiger partial charge in [0.05, 0.1) is 5.02 Å². The molecular weight excluding hydrogens is 311 g/mol. The second-order valence-corrected chi connectivity index (χ2v) is 5.66. The lowest BCUT2D eigenvalue weighted by atomic mass is 10.1. The summed E-state index contributed by atoms with van der Waals surface area (Å²) in [5, 5.41) is 3.74. The third-order valence-electron chi connectivity index (χ3n) is 2.99. The molecule has 1 aromatic rings. The fraction of sp³-hybridized carbons (Fsp3) is 0.533. The zero-order valence-electron chi connectivity index (χ0n) is 12.4. The monoisotopic (exact) mass is 332 g/mol. The number of ether oxygens (including phenoxy) is 1. The zero-order chi connectivity index (χ0) is 15.8. The van der Waals surface area contributed by atoms with Gasteiger partial charge in [0.2, 0.25) is 0 Å². The fourth-order valence-corrected chi connectivity index (χ4v) is 2.43. The number of halogens is 2. The van der Waals surface area contributed by atoms with Gasteiger partial charge in [-0.15, -0.1) is 0 Å².